The van der Waals surface area contributed by atoms with E-state index in [1.807, 2.05) is 4.90 Å². The molecule has 2 aromatic rings. The molecule has 2 fully saturated rings. The molecular weight excluding hydrogens is 502 g/mol. The van der Waals surface area contributed by atoms with Gasteiger partial charge in [-0.25, -0.2) is 4.98 Å². The predicted octanol–water partition coefficient (Wildman–Crippen LogP) is 4.13. The van der Waals surface area contributed by atoms with Crippen molar-refractivity contribution in [3.05, 3.63) is 47.9 Å². The zero-order valence-electron chi connectivity index (χ0n) is 20.0. The SMILES string of the molecule is O=C(CCN1CCN(c2ccc(C(F)(F)F)cn2)CC1)N1CCC[C@H](Nc2cncc(C(F)(F)F)c2)C1. The van der Waals surface area contributed by atoms with Crippen molar-refractivity contribution < 1.29 is 31.1 Å². The Morgan fingerprint density at radius 3 is 2.32 bits per heavy atom. The fourth-order valence-corrected chi connectivity index (χ4v) is 4.58. The molecule has 37 heavy (non-hydrogen) atoms. The number of nitrogens with zero attached hydrogens (tertiary/aromatic N) is 5. The highest BCUT2D eigenvalue weighted by Crippen LogP contribution is 2.31. The molecule has 0 unspecified atom stereocenters. The minimum absolute atomic E-state index is 0.0134. The van der Waals surface area contributed by atoms with E-state index < -0.39 is 23.5 Å². The van der Waals surface area contributed by atoms with Gasteiger partial charge < -0.3 is 15.1 Å². The average Bonchev–Trinajstić information content (AvgIpc) is 2.87. The number of alkyl halides is 6. The molecule has 1 amide bonds. The third-order valence-electron chi connectivity index (χ3n) is 6.62. The first-order chi connectivity index (χ1) is 17.5. The van der Waals surface area contributed by atoms with Gasteiger partial charge in [-0.15, -0.1) is 0 Å². The van der Waals surface area contributed by atoms with Gasteiger partial charge in [-0.1, -0.05) is 0 Å². The number of halogens is 6. The van der Waals surface area contributed by atoms with Crippen molar-refractivity contribution in [2.24, 2.45) is 0 Å². The van der Waals surface area contributed by atoms with E-state index >= 15 is 0 Å². The van der Waals surface area contributed by atoms with Gasteiger partial charge in [-0.05, 0) is 31.0 Å². The Bertz CT molecular complexity index is 1050. The molecule has 0 aromatic carbocycles. The number of hydrogen-bond acceptors (Lipinski definition) is 6. The Morgan fingerprint density at radius 2 is 1.68 bits per heavy atom. The smallest absolute Gasteiger partial charge is 0.379 e. The minimum Gasteiger partial charge on any atom is -0.379 e. The summed E-state index contributed by atoms with van der Waals surface area (Å²) in [5.41, 5.74) is -1.33. The average molecular weight is 531 g/mol. The minimum atomic E-state index is -4.47. The molecule has 0 spiro atoms. The Morgan fingerprint density at radius 1 is 0.946 bits per heavy atom. The maximum absolute atomic E-state index is 12.9. The van der Waals surface area contributed by atoms with Crippen molar-refractivity contribution in [2.75, 3.05) is 56.0 Å². The Kier molecular flexibility index (Phi) is 8.10. The summed E-state index contributed by atoms with van der Waals surface area (Å²) in [6.07, 6.45) is -4.14. The topological polar surface area (TPSA) is 64.6 Å². The third kappa shape index (κ3) is 7.24. The molecular formula is C24H28F6N6O. The van der Waals surface area contributed by atoms with E-state index in [9.17, 15) is 31.1 Å². The van der Waals surface area contributed by atoms with Gasteiger partial charge in [0.1, 0.15) is 5.82 Å². The van der Waals surface area contributed by atoms with Crippen LogP contribution in [0.3, 0.4) is 0 Å². The van der Waals surface area contributed by atoms with E-state index in [2.05, 4.69) is 20.2 Å². The second kappa shape index (κ2) is 11.1. The van der Waals surface area contributed by atoms with E-state index in [1.165, 1.54) is 12.3 Å². The maximum atomic E-state index is 12.9. The Labute approximate surface area is 210 Å². The second-order valence-electron chi connectivity index (χ2n) is 9.26. The number of pyridine rings is 2. The van der Waals surface area contributed by atoms with Crippen LogP contribution in [-0.2, 0) is 17.1 Å². The van der Waals surface area contributed by atoms with Gasteiger partial charge in [0.05, 0.1) is 16.8 Å². The zero-order valence-corrected chi connectivity index (χ0v) is 20.0. The first-order valence-electron chi connectivity index (χ1n) is 12.1. The number of carbonyl (C=O) groups excluding carboxylic acids is 1. The van der Waals surface area contributed by atoms with E-state index in [1.54, 1.807) is 4.90 Å². The van der Waals surface area contributed by atoms with E-state index in [0.717, 1.165) is 37.4 Å². The third-order valence-corrected chi connectivity index (χ3v) is 6.62. The highest BCUT2D eigenvalue weighted by Gasteiger charge is 2.32. The molecule has 7 nitrogen and oxygen atoms in total. The number of anilines is 2. The first-order valence-corrected chi connectivity index (χ1v) is 12.1. The van der Waals surface area contributed by atoms with Crippen LogP contribution in [-0.4, -0.2) is 77.5 Å². The second-order valence-corrected chi connectivity index (χ2v) is 9.26. The molecule has 13 heteroatoms. The number of likely N-dealkylation sites (tertiary alicyclic amines) is 1. The molecule has 0 bridgehead atoms. The largest absolute Gasteiger partial charge is 0.417 e. The summed E-state index contributed by atoms with van der Waals surface area (Å²) in [5, 5.41) is 3.08. The van der Waals surface area contributed by atoms with Crippen molar-refractivity contribution in [1.82, 2.24) is 19.8 Å². The van der Waals surface area contributed by atoms with Crippen LogP contribution < -0.4 is 10.2 Å². The number of hydrogen-bond donors (Lipinski definition) is 1. The van der Waals surface area contributed by atoms with E-state index in [0.29, 0.717) is 58.1 Å². The molecule has 2 saturated heterocycles. The van der Waals surface area contributed by atoms with Crippen LogP contribution in [0.4, 0.5) is 37.8 Å². The lowest BCUT2D eigenvalue weighted by Crippen LogP contribution is -2.49. The molecule has 2 aromatic heterocycles. The summed E-state index contributed by atoms with van der Waals surface area (Å²) in [7, 11) is 0. The normalized spacial score (nSPS) is 19.7. The predicted molar refractivity (Wildman–Crippen MR) is 125 cm³/mol. The molecule has 0 saturated carbocycles. The molecule has 2 aliphatic rings. The lowest BCUT2D eigenvalue weighted by atomic mass is 10.0. The first kappa shape index (κ1) is 27.0. The highest BCUT2D eigenvalue weighted by atomic mass is 19.4. The maximum Gasteiger partial charge on any atom is 0.417 e. The summed E-state index contributed by atoms with van der Waals surface area (Å²) in [4.78, 5) is 26.2. The van der Waals surface area contributed by atoms with Crippen molar-refractivity contribution in [2.45, 2.75) is 37.7 Å². The lowest BCUT2D eigenvalue weighted by molar-refractivity contribution is -0.138. The lowest BCUT2D eigenvalue weighted by Gasteiger charge is -2.36. The number of piperidine rings is 1. The van der Waals surface area contributed by atoms with Crippen LogP contribution in [0.2, 0.25) is 0 Å². The molecule has 1 N–H and O–H groups in total. The zero-order chi connectivity index (χ0) is 26.6. The van der Waals surface area contributed by atoms with Crippen LogP contribution >= 0.6 is 0 Å². The summed E-state index contributed by atoms with van der Waals surface area (Å²) in [5.74, 6) is 0.479. The number of piperazine rings is 1. The van der Waals surface area contributed by atoms with Crippen molar-refractivity contribution in [3.8, 4) is 0 Å². The van der Waals surface area contributed by atoms with Gasteiger partial charge in [0, 0.05) is 76.9 Å². The van der Waals surface area contributed by atoms with E-state index in [-0.39, 0.29) is 17.6 Å². The van der Waals surface area contributed by atoms with Crippen molar-refractivity contribution in [1.29, 1.82) is 0 Å². The van der Waals surface area contributed by atoms with Gasteiger partial charge in [-0.3, -0.25) is 14.7 Å². The molecule has 1 atom stereocenters. The number of nitrogens with one attached hydrogen (secondary N) is 1. The molecule has 2 aliphatic heterocycles. The van der Waals surface area contributed by atoms with Gasteiger partial charge in [-0.2, -0.15) is 26.3 Å². The van der Waals surface area contributed by atoms with Crippen molar-refractivity contribution in [3.63, 3.8) is 0 Å². The fourth-order valence-electron chi connectivity index (χ4n) is 4.58. The van der Waals surface area contributed by atoms with Crippen LogP contribution in [0.5, 0.6) is 0 Å². The van der Waals surface area contributed by atoms with Crippen LogP contribution in [0.15, 0.2) is 36.8 Å². The molecule has 4 rings (SSSR count). The van der Waals surface area contributed by atoms with E-state index in [4.69, 9.17) is 0 Å². The summed E-state index contributed by atoms with van der Waals surface area (Å²) in [6.45, 7) is 4.05. The van der Waals surface area contributed by atoms with Gasteiger partial charge >= 0.3 is 12.4 Å². The quantitative estimate of drug-likeness (QED) is 0.567. The number of aromatic nitrogens is 2. The van der Waals surface area contributed by atoms with Crippen molar-refractivity contribution >= 4 is 17.4 Å². The Balaban J connectivity index is 1.21. The fraction of sp³-hybridized carbons (Fsp3) is 0.542. The van der Waals surface area contributed by atoms with Crippen LogP contribution in [0.25, 0.3) is 0 Å². The number of amides is 1. The molecule has 0 aliphatic carbocycles. The highest BCUT2D eigenvalue weighted by molar-refractivity contribution is 5.76. The monoisotopic (exact) mass is 530 g/mol. The van der Waals surface area contributed by atoms with Crippen LogP contribution in [0, 0.1) is 0 Å². The van der Waals surface area contributed by atoms with Crippen LogP contribution in [0.1, 0.15) is 30.4 Å². The summed E-state index contributed by atoms with van der Waals surface area (Å²) >= 11 is 0. The Hall–Kier alpha value is -3.09. The molecule has 0 radical (unpaired) electrons. The van der Waals surface area contributed by atoms with Gasteiger partial charge in [0.25, 0.3) is 0 Å². The molecule has 202 valence electrons. The summed E-state index contributed by atoms with van der Waals surface area (Å²) < 4.78 is 77.0. The number of rotatable bonds is 6. The van der Waals surface area contributed by atoms with Gasteiger partial charge in [0.15, 0.2) is 0 Å². The van der Waals surface area contributed by atoms with Gasteiger partial charge in [0.2, 0.25) is 5.91 Å². The summed E-state index contributed by atoms with van der Waals surface area (Å²) in [6, 6.07) is 3.26. The standard InChI is InChI=1S/C24H28F6N6O/c25-23(26,27)17-3-4-21(32-14-17)35-10-8-34(9-11-35)7-5-22(37)36-6-1-2-19(16-36)33-20-12-18(13-31-15-20)24(28,29)30/h3-4,12-15,19,33H,1-2,5-11,16H2/t19-/m0/s1. The molecule has 4 heterocycles. The number of carbonyl (C=O) groups is 1.